The number of fused-ring (bicyclic) bond motifs is 1. The lowest BCUT2D eigenvalue weighted by Gasteiger charge is -2.38. The van der Waals surface area contributed by atoms with Crippen LogP contribution >= 0.6 is 0 Å². The fourth-order valence-electron chi connectivity index (χ4n) is 4.36. The van der Waals surface area contributed by atoms with Crippen LogP contribution in [0, 0.1) is 0 Å². The molecule has 3 aromatic heterocycles. The van der Waals surface area contributed by atoms with Gasteiger partial charge in [-0.2, -0.15) is 4.68 Å². The lowest BCUT2D eigenvalue weighted by molar-refractivity contribution is -0.0304. The summed E-state index contributed by atoms with van der Waals surface area (Å²) >= 11 is 0. The van der Waals surface area contributed by atoms with Crippen LogP contribution in [-0.2, 0) is 6.54 Å². The van der Waals surface area contributed by atoms with Gasteiger partial charge in [-0.15, -0.1) is 5.10 Å². The molecule has 2 aliphatic rings. The zero-order valence-electron chi connectivity index (χ0n) is 18.4. The van der Waals surface area contributed by atoms with E-state index in [9.17, 15) is 14.7 Å². The van der Waals surface area contributed by atoms with Gasteiger partial charge in [0.05, 0.1) is 24.0 Å². The Morgan fingerprint density at radius 3 is 2.65 bits per heavy atom. The summed E-state index contributed by atoms with van der Waals surface area (Å²) in [7, 11) is 0. The normalized spacial score (nSPS) is 17.9. The number of hydrogen-bond acceptors (Lipinski definition) is 8. The van der Waals surface area contributed by atoms with Gasteiger partial charge in [0.25, 0.3) is 11.5 Å². The van der Waals surface area contributed by atoms with Crippen LogP contribution in [0.2, 0.25) is 0 Å². The first-order chi connectivity index (χ1) is 16.5. The minimum Gasteiger partial charge on any atom is -0.435 e. The molecular formula is C23H23N7O4. The third-order valence-electron chi connectivity index (χ3n) is 6.54. The lowest BCUT2D eigenvalue weighted by atomic mass is 9.91. The zero-order chi connectivity index (χ0) is 23.3. The molecule has 2 fully saturated rings. The Labute approximate surface area is 193 Å². The Hall–Kier alpha value is -3.86. The van der Waals surface area contributed by atoms with Gasteiger partial charge in [-0.05, 0) is 37.8 Å². The number of hydrogen-bond donors (Lipinski definition) is 1. The number of piperidine rings is 1. The first-order valence-electron chi connectivity index (χ1n) is 11.3. The maximum Gasteiger partial charge on any atom is 0.291 e. The van der Waals surface area contributed by atoms with E-state index < -0.39 is 5.60 Å². The van der Waals surface area contributed by atoms with E-state index in [0.717, 1.165) is 18.5 Å². The quantitative estimate of drug-likeness (QED) is 0.473. The predicted molar refractivity (Wildman–Crippen MR) is 119 cm³/mol. The van der Waals surface area contributed by atoms with Gasteiger partial charge in [-0.25, -0.2) is 9.97 Å². The van der Waals surface area contributed by atoms with E-state index in [4.69, 9.17) is 4.42 Å². The fourth-order valence-corrected chi connectivity index (χ4v) is 4.36. The topological polar surface area (TPSA) is 132 Å². The van der Waals surface area contributed by atoms with Crippen molar-refractivity contribution in [3.8, 4) is 5.69 Å². The van der Waals surface area contributed by atoms with E-state index in [-0.39, 0.29) is 29.3 Å². The Balaban J connectivity index is 1.16. The van der Waals surface area contributed by atoms with E-state index in [1.807, 2.05) is 30.3 Å². The molecule has 1 saturated carbocycles. The molecule has 6 rings (SSSR count). The molecule has 0 radical (unpaired) electrons. The van der Waals surface area contributed by atoms with E-state index in [1.165, 1.54) is 21.8 Å². The molecule has 0 atom stereocenters. The van der Waals surface area contributed by atoms with Crippen LogP contribution < -0.4 is 5.56 Å². The number of likely N-dealkylation sites (tertiary alicyclic amines) is 1. The van der Waals surface area contributed by atoms with Gasteiger partial charge >= 0.3 is 0 Å². The highest BCUT2D eigenvalue weighted by Gasteiger charge is 2.36. The molecule has 1 N–H and O–H groups in total. The maximum absolute atomic E-state index is 13.0. The highest BCUT2D eigenvalue weighted by molar-refractivity contribution is 5.91. The highest BCUT2D eigenvalue weighted by atomic mass is 16.4. The van der Waals surface area contributed by atoms with Gasteiger partial charge in [-0.3, -0.25) is 14.2 Å². The zero-order valence-corrected chi connectivity index (χ0v) is 18.4. The lowest BCUT2D eigenvalue weighted by Crippen LogP contribution is -2.49. The third-order valence-corrected chi connectivity index (χ3v) is 6.54. The standard InChI is InChI=1S/C23H23N7O4/c31-21(17-12-24-20(34-17)15-6-7-15)28-10-8-23(33,9-11-28)13-29-14-25-19-18(22(29)32)26-27-30(19)16-4-2-1-3-5-16/h1-5,12,14-15,33H,6-11,13H2. The van der Waals surface area contributed by atoms with Crippen molar-refractivity contribution < 1.29 is 14.3 Å². The molecule has 1 saturated heterocycles. The number of rotatable bonds is 5. The fraction of sp³-hybridized carbons (Fsp3) is 0.391. The Bertz CT molecular complexity index is 1410. The second-order valence-electron chi connectivity index (χ2n) is 9.04. The number of amides is 1. The van der Waals surface area contributed by atoms with Crippen LogP contribution in [-0.4, -0.2) is 64.1 Å². The molecule has 1 aliphatic carbocycles. The van der Waals surface area contributed by atoms with E-state index in [2.05, 4.69) is 20.3 Å². The van der Waals surface area contributed by atoms with Crippen LogP contribution in [0.15, 0.2) is 52.1 Å². The van der Waals surface area contributed by atoms with Crippen molar-refractivity contribution in [2.45, 2.75) is 43.7 Å². The molecule has 4 aromatic rings. The molecule has 11 heteroatoms. The number of para-hydroxylation sites is 1. The summed E-state index contributed by atoms with van der Waals surface area (Å²) in [6, 6.07) is 9.32. The number of carbonyl (C=O) groups excluding carboxylic acids is 1. The Morgan fingerprint density at radius 2 is 1.91 bits per heavy atom. The number of benzene rings is 1. The van der Waals surface area contributed by atoms with Gasteiger partial charge in [0.1, 0.15) is 6.33 Å². The molecule has 34 heavy (non-hydrogen) atoms. The molecule has 0 spiro atoms. The summed E-state index contributed by atoms with van der Waals surface area (Å²) in [4.78, 5) is 36.0. The monoisotopic (exact) mass is 461 g/mol. The molecule has 1 aromatic carbocycles. The minimum atomic E-state index is -1.15. The van der Waals surface area contributed by atoms with Gasteiger partial charge in [-0.1, -0.05) is 23.4 Å². The summed E-state index contributed by atoms with van der Waals surface area (Å²) in [6.07, 6.45) is 5.64. The van der Waals surface area contributed by atoms with Crippen LogP contribution in [0.3, 0.4) is 0 Å². The number of carbonyl (C=O) groups is 1. The van der Waals surface area contributed by atoms with Crippen molar-refractivity contribution in [3.63, 3.8) is 0 Å². The number of oxazole rings is 1. The average Bonchev–Trinajstić information content (AvgIpc) is 3.42. The summed E-state index contributed by atoms with van der Waals surface area (Å²) < 4.78 is 8.50. The molecule has 174 valence electrons. The number of aliphatic hydroxyl groups is 1. The van der Waals surface area contributed by atoms with Gasteiger partial charge in [0, 0.05) is 19.0 Å². The van der Waals surface area contributed by atoms with Crippen molar-refractivity contribution >= 4 is 17.1 Å². The van der Waals surface area contributed by atoms with Crippen molar-refractivity contribution in [1.29, 1.82) is 0 Å². The van der Waals surface area contributed by atoms with E-state index >= 15 is 0 Å². The summed E-state index contributed by atoms with van der Waals surface area (Å²) in [5.74, 6) is 0.980. The summed E-state index contributed by atoms with van der Waals surface area (Å²) in [6.45, 7) is 0.760. The number of aromatic nitrogens is 6. The van der Waals surface area contributed by atoms with Crippen LogP contribution in [0.25, 0.3) is 16.9 Å². The molecule has 1 aliphatic heterocycles. The molecule has 0 bridgehead atoms. The minimum absolute atomic E-state index is 0.0587. The Morgan fingerprint density at radius 1 is 1.15 bits per heavy atom. The van der Waals surface area contributed by atoms with Crippen molar-refractivity contribution in [1.82, 2.24) is 34.4 Å². The van der Waals surface area contributed by atoms with Crippen molar-refractivity contribution in [2.75, 3.05) is 13.1 Å². The van der Waals surface area contributed by atoms with Crippen LogP contribution in [0.4, 0.5) is 0 Å². The van der Waals surface area contributed by atoms with Gasteiger partial charge < -0.3 is 14.4 Å². The predicted octanol–water partition coefficient (Wildman–Crippen LogP) is 1.51. The Kier molecular flexibility index (Phi) is 4.80. The van der Waals surface area contributed by atoms with Crippen LogP contribution in [0.5, 0.6) is 0 Å². The second-order valence-corrected chi connectivity index (χ2v) is 9.04. The first-order valence-corrected chi connectivity index (χ1v) is 11.3. The maximum atomic E-state index is 13.0. The number of nitrogens with zero attached hydrogens (tertiary/aromatic N) is 7. The average molecular weight is 461 g/mol. The molecule has 1 amide bonds. The first kappa shape index (κ1) is 20.7. The molecule has 11 nitrogen and oxygen atoms in total. The summed E-state index contributed by atoms with van der Waals surface area (Å²) in [5, 5.41) is 19.3. The van der Waals surface area contributed by atoms with Gasteiger partial charge in [0.2, 0.25) is 5.76 Å². The second kappa shape index (κ2) is 7.87. The van der Waals surface area contributed by atoms with E-state index in [1.54, 1.807) is 4.90 Å². The third kappa shape index (κ3) is 3.67. The largest absolute Gasteiger partial charge is 0.435 e. The van der Waals surface area contributed by atoms with Crippen LogP contribution in [0.1, 0.15) is 48.0 Å². The summed E-state index contributed by atoms with van der Waals surface area (Å²) in [5.41, 5.74) is -0.266. The smallest absolute Gasteiger partial charge is 0.291 e. The highest BCUT2D eigenvalue weighted by Crippen LogP contribution is 2.39. The van der Waals surface area contributed by atoms with Crippen molar-refractivity contribution in [2.24, 2.45) is 0 Å². The SMILES string of the molecule is O=C(c1cnc(C2CC2)o1)N1CCC(O)(Cn2cnc3c(nnn3-c3ccccc3)c2=O)CC1. The van der Waals surface area contributed by atoms with Crippen molar-refractivity contribution in [3.05, 3.63) is 64.9 Å². The molecule has 0 unspecified atom stereocenters. The molecular weight excluding hydrogens is 438 g/mol. The van der Waals surface area contributed by atoms with E-state index in [0.29, 0.717) is 43.4 Å². The molecule has 4 heterocycles. The van der Waals surface area contributed by atoms with Gasteiger partial charge in [0.15, 0.2) is 17.1 Å².